The van der Waals surface area contributed by atoms with Crippen molar-refractivity contribution in [3.8, 4) is 11.5 Å². The molecule has 0 saturated heterocycles. The number of nitrogens with zero attached hydrogens (tertiary/aromatic N) is 3. The Balaban J connectivity index is 1.61. The molecule has 0 radical (unpaired) electrons. The van der Waals surface area contributed by atoms with Gasteiger partial charge in [-0.3, -0.25) is 5.43 Å². The van der Waals surface area contributed by atoms with Crippen molar-refractivity contribution in [3.05, 3.63) is 66.1 Å². The molecule has 0 aliphatic rings. The minimum Gasteiger partial charge on any atom is -0.421 e. The van der Waals surface area contributed by atoms with Crippen molar-refractivity contribution in [1.82, 2.24) is 10.2 Å². The molecule has 1 heterocycles. The number of para-hydroxylation sites is 1. The summed E-state index contributed by atoms with van der Waals surface area (Å²) in [5, 5.41) is 12.4. The molecule has 122 valence electrons. The Bertz CT molecular complexity index is 779. The van der Waals surface area contributed by atoms with E-state index in [-0.39, 0.29) is 0 Å². The lowest BCUT2D eigenvalue weighted by Gasteiger charge is -1.99. The summed E-state index contributed by atoms with van der Waals surface area (Å²) in [7, 11) is 0. The zero-order valence-corrected chi connectivity index (χ0v) is 13.6. The number of hydrazone groups is 1. The molecule has 0 bridgehead atoms. The predicted molar refractivity (Wildman–Crippen MR) is 96.0 cm³/mol. The molecule has 3 rings (SSSR count). The van der Waals surface area contributed by atoms with Crippen molar-refractivity contribution in [3.63, 3.8) is 0 Å². The second-order valence-corrected chi connectivity index (χ2v) is 5.46. The molecule has 0 unspecified atom stereocenters. The van der Waals surface area contributed by atoms with Crippen LogP contribution in [0.15, 0.2) is 64.1 Å². The van der Waals surface area contributed by atoms with E-state index >= 15 is 0 Å². The zero-order valence-electron chi connectivity index (χ0n) is 13.6. The van der Waals surface area contributed by atoms with Crippen LogP contribution in [0.25, 0.3) is 11.5 Å². The molecule has 0 amide bonds. The van der Waals surface area contributed by atoms with Gasteiger partial charge in [0.1, 0.15) is 0 Å². The lowest BCUT2D eigenvalue weighted by atomic mass is 10.1. The van der Waals surface area contributed by atoms with Crippen LogP contribution in [-0.2, 0) is 6.42 Å². The highest BCUT2D eigenvalue weighted by molar-refractivity contribution is 5.81. The fraction of sp³-hybridized carbons (Fsp3) is 0.211. The van der Waals surface area contributed by atoms with Gasteiger partial charge in [-0.25, -0.2) is 0 Å². The highest BCUT2D eigenvalue weighted by Crippen LogP contribution is 2.18. The summed E-state index contributed by atoms with van der Waals surface area (Å²) in [4.78, 5) is 0. The minimum atomic E-state index is 0.562. The van der Waals surface area contributed by atoms with E-state index < -0.39 is 0 Å². The predicted octanol–water partition coefficient (Wildman–Crippen LogP) is 4.53. The van der Waals surface area contributed by atoms with Crippen LogP contribution in [-0.4, -0.2) is 16.4 Å². The summed E-state index contributed by atoms with van der Waals surface area (Å²) in [5.74, 6) is 1.26. The van der Waals surface area contributed by atoms with Gasteiger partial charge >= 0.3 is 0 Å². The smallest absolute Gasteiger partial charge is 0.247 e. The summed E-state index contributed by atoms with van der Waals surface area (Å²) in [6, 6.07) is 17.7. The van der Waals surface area contributed by atoms with Crippen LogP contribution in [0.4, 0.5) is 5.69 Å². The standard InChI is InChI=1S/C19H20N4O/c1-2-3-9-18-22-23-19(24-18)16-12-10-15(11-13-16)14-20-21-17-7-5-4-6-8-17/h4-8,10-14,21H,2-3,9H2,1H3. The highest BCUT2D eigenvalue weighted by Gasteiger charge is 2.07. The number of hydrogen-bond donors (Lipinski definition) is 1. The fourth-order valence-corrected chi connectivity index (χ4v) is 2.21. The quantitative estimate of drug-likeness (QED) is 0.513. The maximum absolute atomic E-state index is 5.68. The molecule has 3 aromatic rings. The van der Waals surface area contributed by atoms with E-state index in [2.05, 4.69) is 27.6 Å². The molecule has 0 atom stereocenters. The first-order valence-electron chi connectivity index (χ1n) is 8.12. The number of aryl methyl sites for hydroxylation is 1. The van der Waals surface area contributed by atoms with Gasteiger partial charge in [-0.15, -0.1) is 10.2 Å². The fourth-order valence-electron chi connectivity index (χ4n) is 2.21. The van der Waals surface area contributed by atoms with Crippen LogP contribution in [0.5, 0.6) is 0 Å². The van der Waals surface area contributed by atoms with Gasteiger partial charge < -0.3 is 4.42 Å². The molecule has 0 saturated carbocycles. The Morgan fingerprint density at radius 2 is 1.83 bits per heavy atom. The average molecular weight is 320 g/mol. The van der Waals surface area contributed by atoms with Crippen LogP contribution in [0.2, 0.25) is 0 Å². The molecule has 0 fully saturated rings. The summed E-state index contributed by atoms with van der Waals surface area (Å²) in [6.45, 7) is 2.14. The monoisotopic (exact) mass is 320 g/mol. The van der Waals surface area contributed by atoms with Crippen molar-refractivity contribution >= 4 is 11.9 Å². The molecule has 0 aliphatic heterocycles. The Hall–Kier alpha value is -2.95. The van der Waals surface area contributed by atoms with Crippen LogP contribution in [0, 0.1) is 0 Å². The number of unbranched alkanes of at least 4 members (excludes halogenated alkanes) is 1. The molecular weight excluding hydrogens is 300 g/mol. The second kappa shape index (κ2) is 8.06. The van der Waals surface area contributed by atoms with Crippen LogP contribution in [0.3, 0.4) is 0 Å². The van der Waals surface area contributed by atoms with Crippen molar-refractivity contribution in [2.45, 2.75) is 26.2 Å². The Morgan fingerprint density at radius 3 is 2.58 bits per heavy atom. The third-order valence-electron chi connectivity index (χ3n) is 3.55. The van der Waals surface area contributed by atoms with Gasteiger partial charge in [-0.2, -0.15) is 5.10 Å². The average Bonchev–Trinajstić information content (AvgIpc) is 3.10. The molecule has 2 aromatic carbocycles. The number of hydrogen-bond acceptors (Lipinski definition) is 5. The third kappa shape index (κ3) is 4.29. The lowest BCUT2D eigenvalue weighted by molar-refractivity contribution is 0.496. The number of nitrogens with one attached hydrogen (secondary N) is 1. The largest absolute Gasteiger partial charge is 0.421 e. The van der Waals surface area contributed by atoms with E-state index in [4.69, 9.17) is 4.42 Å². The SMILES string of the molecule is CCCCc1nnc(-c2ccc(C=NNc3ccccc3)cc2)o1. The lowest BCUT2D eigenvalue weighted by Crippen LogP contribution is -1.90. The van der Waals surface area contributed by atoms with Crippen LogP contribution in [0.1, 0.15) is 31.2 Å². The molecule has 1 N–H and O–H groups in total. The molecule has 1 aromatic heterocycles. The topological polar surface area (TPSA) is 63.3 Å². The molecule has 5 heteroatoms. The van der Waals surface area contributed by atoms with Gasteiger partial charge in [-0.05, 0) is 36.2 Å². The first kappa shape index (κ1) is 15.9. The number of aromatic nitrogens is 2. The third-order valence-corrected chi connectivity index (χ3v) is 3.55. The summed E-state index contributed by atoms with van der Waals surface area (Å²) in [5.41, 5.74) is 5.85. The Kier molecular flexibility index (Phi) is 5.35. The molecule has 0 spiro atoms. The minimum absolute atomic E-state index is 0.562. The van der Waals surface area contributed by atoms with Crippen molar-refractivity contribution in [2.24, 2.45) is 5.10 Å². The summed E-state index contributed by atoms with van der Waals surface area (Å²) < 4.78 is 5.68. The van der Waals surface area contributed by atoms with E-state index in [1.165, 1.54) is 0 Å². The first-order chi connectivity index (χ1) is 11.8. The van der Waals surface area contributed by atoms with Gasteiger partial charge in [-0.1, -0.05) is 43.7 Å². The van der Waals surface area contributed by atoms with E-state index in [9.17, 15) is 0 Å². The van der Waals surface area contributed by atoms with Gasteiger partial charge in [0.2, 0.25) is 11.8 Å². The van der Waals surface area contributed by atoms with E-state index in [0.29, 0.717) is 11.8 Å². The highest BCUT2D eigenvalue weighted by atomic mass is 16.4. The summed E-state index contributed by atoms with van der Waals surface area (Å²) in [6.07, 6.45) is 4.78. The van der Waals surface area contributed by atoms with Crippen LogP contribution < -0.4 is 5.43 Å². The molecular formula is C19H20N4O. The molecule has 24 heavy (non-hydrogen) atoms. The molecule has 0 aliphatic carbocycles. The van der Waals surface area contributed by atoms with Gasteiger partial charge in [0, 0.05) is 12.0 Å². The van der Waals surface area contributed by atoms with Gasteiger partial charge in [0.05, 0.1) is 11.9 Å². The Labute approximate surface area is 141 Å². The summed E-state index contributed by atoms with van der Waals surface area (Å²) >= 11 is 0. The Morgan fingerprint density at radius 1 is 1.04 bits per heavy atom. The van der Waals surface area contributed by atoms with Crippen LogP contribution >= 0.6 is 0 Å². The number of rotatable bonds is 7. The van der Waals surface area contributed by atoms with Gasteiger partial charge in [0.25, 0.3) is 0 Å². The number of benzene rings is 2. The van der Waals surface area contributed by atoms with Gasteiger partial charge in [0.15, 0.2) is 0 Å². The second-order valence-electron chi connectivity index (χ2n) is 5.46. The number of anilines is 1. The maximum Gasteiger partial charge on any atom is 0.247 e. The van der Waals surface area contributed by atoms with Crippen molar-refractivity contribution in [1.29, 1.82) is 0 Å². The zero-order chi connectivity index (χ0) is 16.6. The van der Waals surface area contributed by atoms with E-state index in [1.54, 1.807) is 6.21 Å². The van der Waals surface area contributed by atoms with E-state index in [1.807, 2.05) is 54.6 Å². The first-order valence-corrected chi connectivity index (χ1v) is 8.12. The molecule has 5 nitrogen and oxygen atoms in total. The van der Waals surface area contributed by atoms with E-state index in [0.717, 1.165) is 36.1 Å². The van der Waals surface area contributed by atoms with Crippen molar-refractivity contribution < 1.29 is 4.42 Å². The maximum atomic E-state index is 5.68. The normalized spacial score (nSPS) is 11.0. The van der Waals surface area contributed by atoms with Crippen molar-refractivity contribution in [2.75, 3.05) is 5.43 Å².